The number of carbonyl (C=O) groups excluding carboxylic acids is 1. The number of ether oxygens (including phenoxy) is 1. The van der Waals surface area contributed by atoms with Crippen molar-refractivity contribution in [3.05, 3.63) is 28.2 Å². The summed E-state index contributed by atoms with van der Waals surface area (Å²) in [5.74, 6) is -0.0692. The van der Waals surface area contributed by atoms with E-state index in [1.807, 2.05) is 0 Å². The molecule has 0 saturated carbocycles. The molecule has 1 aliphatic heterocycles. The van der Waals surface area contributed by atoms with E-state index < -0.39 is 0 Å². The zero-order chi connectivity index (χ0) is 13.0. The second kappa shape index (κ2) is 6.41. The van der Waals surface area contributed by atoms with E-state index in [1.54, 1.807) is 18.2 Å². The van der Waals surface area contributed by atoms with Crippen molar-refractivity contribution in [2.75, 3.05) is 11.9 Å². The number of nitrogens with one attached hydrogen (secondary N) is 1. The van der Waals surface area contributed by atoms with E-state index in [9.17, 15) is 4.79 Å². The van der Waals surface area contributed by atoms with Crippen LogP contribution in [0.15, 0.2) is 18.2 Å². The van der Waals surface area contributed by atoms with Gasteiger partial charge >= 0.3 is 0 Å². The molecule has 1 amide bonds. The van der Waals surface area contributed by atoms with E-state index >= 15 is 0 Å². The van der Waals surface area contributed by atoms with Gasteiger partial charge in [0.2, 0.25) is 5.91 Å². The summed E-state index contributed by atoms with van der Waals surface area (Å²) < 4.78 is 5.52. The Balaban J connectivity index is 1.89. The summed E-state index contributed by atoms with van der Waals surface area (Å²) in [7, 11) is 0. The number of anilines is 1. The van der Waals surface area contributed by atoms with Gasteiger partial charge in [-0.2, -0.15) is 0 Å². The number of rotatable bonds is 3. The predicted molar refractivity (Wildman–Crippen MR) is 73.3 cm³/mol. The van der Waals surface area contributed by atoms with Crippen molar-refractivity contribution in [2.45, 2.75) is 31.8 Å². The maximum atomic E-state index is 11.8. The third kappa shape index (κ3) is 4.16. The lowest BCUT2D eigenvalue weighted by Crippen LogP contribution is -2.25. The van der Waals surface area contributed by atoms with Gasteiger partial charge in [-0.15, -0.1) is 0 Å². The minimum absolute atomic E-state index is 0.0356. The molecule has 0 aliphatic carbocycles. The van der Waals surface area contributed by atoms with Crippen molar-refractivity contribution in [1.82, 2.24) is 0 Å². The lowest BCUT2D eigenvalue weighted by Gasteiger charge is -2.21. The van der Waals surface area contributed by atoms with Gasteiger partial charge in [-0.25, -0.2) is 0 Å². The number of benzene rings is 1. The van der Waals surface area contributed by atoms with Crippen LogP contribution in [0.25, 0.3) is 0 Å². The van der Waals surface area contributed by atoms with Crippen molar-refractivity contribution in [3.8, 4) is 0 Å². The molecule has 3 nitrogen and oxygen atoms in total. The summed E-state index contributed by atoms with van der Waals surface area (Å²) >= 11 is 11.7. The molecular weight excluding hydrogens is 273 g/mol. The molecule has 1 unspecified atom stereocenters. The molecule has 1 atom stereocenters. The van der Waals surface area contributed by atoms with Gasteiger partial charge in [-0.05, 0) is 37.5 Å². The Kier molecular flexibility index (Phi) is 4.87. The summed E-state index contributed by atoms with van der Waals surface area (Å²) in [6, 6.07) is 4.98. The van der Waals surface area contributed by atoms with Crippen molar-refractivity contribution < 1.29 is 9.53 Å². The fraction of sp³-hybridized carbons (Fsp3) is 0.462. The van der Waals surface area contributed by atoms with Crippen LogP contribution in [0.1, 0.15) is 25.7 Å². The second-order valence-corrected chi connectivity index (χ2v) is 5.27. The SMILES string of the molecule is O=C(CC1CCCCO1)Nc1cc(Cl)cc(Cl)c1. The van der Waals surface area contributed by atoms with Crippen molar-refractivity contribution in [2.24, 2.45) is 0 Å². The maximum absolute atomic E-state index is 11.8. The lowest BCUT2D eigenvalue weighted by atomic mass is 10.1. The Morgan fingerprint density at radius 3 is 2.61 bits per heavy atom. The molecule has 0 radical (unpaired) electrons. The molecule has 1 heterocycles. The number of hydrogen-bond acceptors (Lipinski definition) is 2. The first-order chi connectivity index (χ1) is 8.63. The summed E-state index contributed by atoms with van der Waals surface area (Å²) in [6.45, 7) is 0.751. The number of halogens is 2. The average molecular weight is 288 g/mol. The van der Waals surface area contributed by atoms with E-state index in [4.69, 9.17) is 27.9 Å². The van der Waals surface area contributed by atoms with Gasteiger partial charge in [0, 0.05) is 22.3 Å². The van der Waals surface area contributed by atoms with E-state index in [0.717, 1.165) is 25.9 Å². The highest BCUT2D eigenvalue weighted by Crippen LogP contribution is 2.23. The molecule has 0 spiro atoms. The highest BCUT2D eigenvalue weighted by atomic mass is 35.5. The van der Waals surface area contributed by atoms with Crippen LogP contribution in [0.2, 0.25) is 10.0 Å². The standard InChI is InChI=1S/C13H15Cl2NO2/c14-9-5-10(15)7-11(6-9)16-13(17)8-12-3-1-2-4-18-12/h5-7,12H,1-4,8H2,(H,16,17). The highest BCUT2D eigenvalue weighted by molar-refractivity contribution is 6.35. The molecule has 2 rings (SSSR count). The average Bonchev–Trinajstić information content (AvgIpc) is 2.28. The molecule has 18 heavy (non-hydrogen) atoms. The third-order valence-electron chi connectivity index (χ3n) is 2.83. The normalized spacial score (nSPS) is 19.6. The minimum atomic E-state index is -0.0692. The van der Waals surface area contributed by atoms with E-state index in [1.165, 1.54) is 0 Å². The smallest absolute Gasteiger partial charge is 0.226 e. The fourth-order valence-corrected chi connectivity index (χ4v) is 2.54. The highest BCUT2D eigenvalue weighted by Gasteiger charge is 2.17. The van der Waals surface area contributed by atoms with Crippen molar-refractivity contribution in [3.63, 3.8) is 0 Å². The summed E-state index contributed by atoms with van der Waals surface area (Å²) in [5.41, 5.74) is 0.619. The lowest BCUT2D eigenvalue weighted by molar-refractivity contribution is -0.119. The number of carbonyl (C=O) groups is 1. The van der Waals surface area contributed by atoms with E-state index in [-0.39, 0.29) is 12.0 Å². The quantitative estimate of drug-likeness (QED) is 0.916. The first-order valence-corrected chi connectivity index (χ1v) is 6.76. The number of hydrogen-bond donors (Lipinski definition) is 1. The van der Waals surface area contributed by atoms with Crippen LogP contribution in [0.4, 0.5) is 5.69 Å². The van der Waals surface area contributed by atoms with E-state index in [2.05, 4.69) is 5.32 Å². The fourth-order valence-electron chi connectivity index (χ4n) is 2.01. The monoisotopic (exact) mass is 287 g/mol. The Labute approximate surface area is 116 Å². The minimum Gasteiger partial charge on any atom is -0.378 e. The van der Waals surface area contributed by atoms with Crippen LogP contribution in [0.3, 0.4) is 0 Å². The van der Waals surface area contributed by atoms with Crippen LogP contribution >= 0.6 is 23.2 Å². The van der Waals surface area contributed by atoms with Crippen LogP contribution in [-0.2, 0) is 9.53 Å². The van der Waals surface area contributed by atoms with Crippen molar-refractivity contribution >= 4 is 34.8 Å². The molecule has 1 aromatic rings. The molecule has 98 valence electrons. The largest absolute Gasteiger partial charge is 0.378 e. The molecule has 0 aromatic heterocycles. The second-order valence-electron chi connectivity index (χ2n) is 4.40. The molecule has 1 aromatic carbocycles. The predicted octanol–water partition coefficient (Wildman–Crippen LogP) is 3.89. The Morgan fingerprint density at radius 1 is 1.28 bits per heavy atom. The van der Waals surface area contributed by atoms with Crippen LogP contribution in [0.5, 0.6) is 0 Å². The Bertz CT molecular complexity index is 411. The van der Waals surface area contributed by atoms with Crippen LogP contribution in [-0.4, -0.2) is 18.6 Å². The maximum Gasteiger partial charge on any atom is 0.226 e. The zero-order valence-electron chi connectivity index (χ0n) is 9.92. The summed E-state index contributed by atoms with van der Waals surface area (Å²) in [5, 5.41) is 3.80. The van der Waals surface area contributed by atoms with Gasteiger partial charge < -0.3 is 10.1 Å². The topological polar surface area (TPSA) is 38.3 Å². The number of amides is 1. The van der Waals surface area contributed by atoms with Gasteiger partial charge in [0.15, 0.2) is 0 Å². The first-order valence-electron chi connectivity index (χ1n) is 6.01. The van der Waals surface area contributed by atoms with Crippen LogP contribution in [0, 0.1) is 0 Å². The molecule has 0 bridgehead atoms. The van der Waals surface area contributed by atoms with E-state index in [0.29, 0.717) is 22.2 Å². The Hall–Kier alpha value is -0.770. The first kappa shape index (κ1) is 13.7. The molecule has 5 heteroatoms. The van der Waals surface area contributed by atoms with Gasteiger partial charge in [0.25, 0.3) is 0 Å². The third-order valence-corrected chi connectivity index (χ3v) is 3.27. The summed E-state index contributed by atoms with van der Waals surface area (Å²) in [6.07, 6.45) is 3.57. The molecule has 1 N–H and O–H groups in total. The zero-order valence-corrected chi connectivity index (χ0v) is 11.4. The molecule has 1 fully saturated rings. The van der Waals surface area contributed by atoms with Crippen molar-refractivity contribution in [1.29, 1.82) is 0 Å². The van der Waals surface area contributed by atoms with Gasteiger partial charge in [0.1, 0.15) is 0 Å². The molecule has 1 aliphatic rings. The van der Waals surface area contributed by atoms with Gasteiger partial charge in [-0.1, -0.05) is 23.2 Å². The Morgan fingerprint density at radius 2 is 2.00 bits per heavy atom. The molecular formula is C13H15Cl2NO2. The molecule has 1 saturated heterocycles. The van der Waals surface area contributed by atoms with Crippen LogP contribution < -0.4 is 5.32 Å². The summed E-state index contributed by atoms with van der Waals surface area (Å²) in [4.78, 5) is 11.8. The van der Waals surface area contributed by atoms with Gasteiger partial charge in [0.05, 0.1) is 12.5 Å². The van der Waals surface area contributed by atoms with Gasteiger partial charge in [-0.3, -0.25) is 4.79 Å².